The summed E-state index contributed by atoms with van der Waals surface area (Å²) >= 11 is 1.28. The zero-order valence-electron chi connectivity index (χ0n) is 13.7. The zero-order chi connectivity index (χ0) is 17.8. The van der Waals surface area contributed by atoms with Crippen LogP contribution in [0.15, 0.2) is 46.6 Å². The van der Waals surface area contributed by atoms with Gasteiger partial charge in [-0.15, -0.1) is 20.4 Å². The van der Waals surface area contributed by atoms with Gasteiger partial charge in [-0.25, -0.2) is 4.39 Å². The second-order valence-corrected chi connectivity index (χ2v) is 6.75. The topological polar surface area (TPSA) is 80.3 Å². The Morgan fingerprint density at radius 1 is 1.12 bits per heavy atom. The van der Waals surface area contributed by atoms with Gasteiger partial charge in [0, 0.05) is 6.54 Å². The fourth-order valence-corrected chi connectivity index (χ4v) is 3.02. The van der Waals surface area contributed by atoms with E-state index in [1.54, 1.807) is 30.3 Å². The van der Waals surface area contributed by atoms with Gasteiger partial charge in [-0.3, -0.25) is 0 Å². The van der Waals surface area contributed by atoms with Crippen LogP contribution in [0.1, 0.15) is 19.5 Å². The highest BCUT2D eigenvalue weighted by Crippen LogP contribution is 2.30. The molecular weight excluding hydrogens is 339 g/mol. The SMILES string of the molecule is CC(C)Cn1c(Sc2ccc(C#N)nn2)nnc1-c1ccccc1F. The second-order valence-electron chi connectivity index (χ2n) is 5.76. The fraction of sp³-hybridized carbons (Fsp3) is 0.235. The van der Waals surface area contributed by atoms with E-state index >= 15 is 0 Å². The lowest BCUT2D eigenvalue weighted by Gasteiger charge is -2.12. The molecule has 0 aliphatic carbocycles. The molecule has 0 saturated heterocycles. The van der Waals surface area contributed by atoms with Crippen LogP contribution >= 0.6 is 11.8 Å². The summed E-state index contributed by atoms with van der Waals surface area (Å²) in [4.78, 5) is 0. The van der Waals surface area contributed by atoms with E-state index in [1.807, 2.05) is 10.6 Å². The summed E-state index contributed by atoms with van der Waals surface area (Å²) < 4.78 is 16.1. The number of halogens is 1. The average molecular weight is 354 g/mol. The molecule has 0 fully saturated rings. The monoisotopic (exact) mass is 354 g/mol. The first kappa shape index (κ1) is 17.0. The highest BCUT2D eigenvalue weighted by molar-refractivity contribution is 7.99. The Morgan fingerprint density at radius 2 is 1.92 bits per heavy atom. The first-order valence-electron chi connectivity index (χ1n) is 7.68. The number of aromatic nitrogens is 5. The molecule has 3 rings (SSSR count). The number of nitrogens with zero attached hydrogens (tertiary/aromatic N) is 6. The van der Waals surface area contributed by atoms with Crippen LogP contribution in [0.4, 0.5) is 4.39 Å². The quantitative estimate of drug-likeness (QED) is 0.697. The van der Waals surface area contributed by atoms with E-state index in [4.69, 9.17) is 5.26 Å². The van der Waals surface area contributed by atoms with Gasteiger partial charge in [0.25, 0.3) is 0 Å². The van der Waals surface area contributed by atoms with Crippen LogP contribution in [0.5, 0.6) is 0 Å². The van der Waals surface area contributed by atoms with E-state index in [2.05, 4.69) is 34.2 Å². The lowest BCUT2D eigenvalue weighted by molar-refractivity contribution is 0.496. The van der Waals surface area contributed by atoms with Gasteiger partial charge >= 0.3 is 0 Å². The van der Waals surface area contributed by atoms with Gasteiger partial charge in [0.05, 0.1) is 5.56 Å². The van der Waals surface area contributed by atoms with Gasteiger partial charge in [-0.05, 0) is 41.9 Å². The van der Waals surface area contributed by atoms with Crippen LogP contribution in [0, 0.1) is 23.1 Å². The maximum Gasteiger partial charge on any atom is 0.197 e. The molecule has 0 saturated carbocycles. The summed E-state index contributed by atoms with van der Waals surface area (Å²) in [6, 6.07) is 11.7. The number of nitriles is 1. The van der Waals surface area contributed by atoms with E-state index in [0.717, 1.165) is 0 Å². The van der Waals surface area contributed by atoms with Gasteiger partial charge in [0.2, 0.25) is 0 Å². The van der Waals surface area contributed by atoms with Crippen LogP contribution in [0.25, 0.3) is 11.4 Å². The molecule has 0 aliphatic heterocycles. The van der Waals surface area contributed by atoms with Crippen molar-refractivity contribution in [2.75, 3.05) is 0 Å². The number of hydrogen-bond acceptors (Lipinski definition) is 6. The van der Waals surface area contributed by atoms with Crippen LogP contribution in [-0.2, 0) is 6.54 Å². The highest BCUT2D eigenvalue weighted by Gasteiger charge is 2.18. The van der Waals surface area contributed by atoms with Crippen molar-refractivity contribution >= 4 is 11.8 Å². The summed E-state index contributed by atoms with van der Waals surface area (Å²) in [5.74, 6) is 0.471. The van der Waals surface area contributed by atoms with Crippen molar-refractivity contribution in [3.8, 4) is 17.5 Å². The maximum absolute atomic E-state index is 14.2. The highest BCUT2D eigenvalue weighted by atomic mass is 32.2. The molecule has 0 aliphatic rings. The lowest BCUT2D eigenvalue weighted by Crippen LogP contribution is -2.08. The number of hydrogen-bond donors (Lipinski definition) is 0. The summed E-state index contributed by atoms with van der Waals surface area (Å²) in [6.45, 7) is 4.78. The Kier molecular flexibility index (Phi) is 5.05. The standard InChI is InChI=1S/C17H15FN6S/c1-11(2)10-24-16(13-5-3-4-6-14(13)18)22-23-17(24)25-15-8-7-12(9-19)20-21-15/h3-8,11H,10H2,1-2H3. The summed E-state index contributed by atoms with van der Waals surface area (Å²) in [5.41, 5.74) is 0.661. The maximum atomic E-state index is 14.2. The van der Waals surface area contributed by atoms with E-state index in [0.29, 0.717) is 34.0 Å². The Labute approximate surface area is 148 Å². The van der Waals surface area contributed by atoms with Gasteiger partial charge in [0.15, 0.2) is 16.7 Å². The van der Waals surface area contributed by atoms with Crippen molar-refractivity contribution in [1.29, 1.82) is 5.26 Å². The molecule has 2 aromatic heterocycles. The van der Waals surface area contributed by atoms with Crippen LogP contribution in [0.2, 0.25) is 0 Å². The average Bonchev–Trinajstić information content (AvgIpc) is 2.98. The molecule has 25 heavy (non-hydrogen) atoms. The second kappa shape index (κ2) is 7.40. The molecule has 3 aromatic rings. The molecule has 0 bridgehead atoms. The Bertz CT molecular complexity index is 914. The Balaban J connectivity index is 1.99. The van der Waals surface area contributed by atoms with Crippen LogP contribution in [-0.4, -0.2) is 25.0 Å². The van der Waals surface area contributed by atoms with Crippen LogP contribution < -0.4 is 0 Å². The van der Waals surface area contributed by atoms with Crippen molar-refractivity contribution in [3.63, 3.8) is 0 Å². The predicted molar refractivity (Wildman–Crippen MR) is 91.1 cm³/mol. The zero-order valence-corrected chi connectivity index (χ0v) is 14.5. The van der Waals surface area contributed by atoms with Gasteiger partial charge in [0.1, 0.15) is 16.9 Å². The molecular formula is C17H15FN6S. The predicted octanol–water partition coefficient (Wildman–Crippen LogP) is 3.55. The van der Waals surface area contributed by atoms with E-state index < -0.39 is 0 Å². The van der Waals surface area contributed by atoms with Crippen molar-refractivity contribution < 1.29 is 4.39 Å². The first-order chi connectivity index (χ1) is 12.1. The fourth-order valence-electron chi connectivity index (χ4n) is 2.26. The van der Waals surface area contributed by atoms with Crippen molar-refractivity contribution in [2.24, 2.45) is 5.92 Å². The van der Waals surface area contributed by atoms with E-state index in [9.17, 15) is 4.39 Å². The Hall–Kier alpha value is -2.79. The molecule has 2 heterocycles. The molecule has 0 spiro atoms. The molecule has 0 radical (unpaired) electrons. The smallest absolute Gasteiger partial charge is 0.197 e. The van der Waals surface area contributed by atoms with E-state index in [-0.39, 0.29) is 11.5 Å². The molecule has 8 heteroatoms. The third-order valence-corrected chi connectivity index (χ3v) is 4.24. The van der Waals surface area contributed by atoms with E-state index in [1.165, 1.54) is 17.8 Å². The molecule has 0 unspecified atom stereocenters. The minimum absolute atomic E-state index is 0.250. The minimum Gasteiger partial charge on any atom is -0.301 e. The van der Waals surface area contributed by atoms with Crippen LogP contribution in [0.3, 0.4) is 0 Å². The normalized spacial score (nSPS) is 10.8. The third-order valence-electron chi connectivity index (χ3n) is 3.33. The Morgan fingerprint density at radius 3 is 2.56 bits per heavy atom. The molecule has 0 atom stereocenters. The number of rotatable bonds is 5. The van der Waals surface area contributed by atoms with Gasteiger partial charge < -0.3 is 4.57 Å². The van der Waals surface area contributed by atoms with Crippen molar-refractivity contribution in [3.05, 3.63) is 47.9 Å². The molecule has 1 aromatic carbocycles. The van der Waals surface area contributed by atoms with Crippen molar-refractivity contribution in [2.45, 2.75) is 30.6 Å². The minimum atomic E-state index is -0.338. The number of benzene rings is 1. The first-order valence-corrected chi connectivity index (χ1v) is 8.50. The van der Waals surface area contributed by atoms with Gasteiger partial charge in [-0.1, -0.05) is 26.0 Å². The summed E-state index contributed by atoms with van der Waals surface area (Å²) in [5, 5.41) is 26.2. The van der Waals surface area contributed by atoms with Gasteiger partial charge in [-0.2, -0.15) is 5.26 Å². The molecule has 0 amide bonds. The van der Waals surface area contributed by atoms with Crippen molar-refractivity contribution in [1.82, 2.24) is 25.0 Å². The summed E-state index contributed by atoms with van der Waals surface area (Å²) in [7, 11) is 0. The molecule has 0 N–H and O–H groups in total. The third kappa shape index (κ3) is 3.83. The molecule has 6 nitrogen and oxygen atoms in total. The largest absolute Gasteiger partial charge is 0.301 e. The summed E-state index contributed by atoms with van der Waals surface area (Å²) in [6.07, 6.45) is 0. The lowest BCUT2D eigenvalue weighted by atomic mass is 10.2. The molecule has 126 valence electrons.